The fraction of sp³-hybridized carbons (Fsp3) is 0.280. The predicted molar refractivity (Wildman–Crippen MR) is 142 cm³/mol. The lowest BCUT2D eigenvalue weighted by Crippen LogP contribution is -2.45. The highest BCUT2D eigenvalue weighted by atomic mass is 32.1. The van der Waals surface area contributed by atoms with Crippen molar-refractivity contribution in [3.63, 3.8) is 0 Å². The summed E-state index contributed by atoms with van der Waals surface area (Å²) in [6.45, 7) is 0.440. The molecule has 1 heterocycles. The molecule has 13 heteroatoms. The standard InChI is InChI=1S/C25H29N5O7S/c1-34-12-11-28-24(32)21(14-5-7-15(35-2)8-6-14)30(17-13-16(36-3)9-10-18(17)37-4)25(33)22-19(26)20(23(27)31)29-38-22/h5-10,13,21H,11-12,26H2,1-4H3,(H2,27,31)(H,28,32). The highest BCUT2D eigenvalue weighted by Gasteiger charge is 2.37. The molecule has 38 heavy (non-hydrogen) atoms. The van der Waals surface area contributed by atoms with Gasteiger partial charge in [-0.25, -0.2) is 0 Å². The first kappa shape index (κ1) is 28.2. The fourth-order valence-corrected chi connectivity index (χ4v) is 4.41. The minimum absolute atomic E-state index is 0.0770. The van der Waals surface area contributed by atoms with Crippen LogP contribution in [0.1, 0.15) is 31.8 Å². The van der Waals surface area contributed by atoms with Crippen molar-refractivity contribution in [2.45, 2.75) is 6.04 Å². The number of nitrogens with one attached hydrogen (secondary N) is 1. The SMILES string of the molecule is COCCNC(=O)C(c1ccc(OC)cc1)N(C(=O)c1snc(C(N)=O)c1N)c1cc(OC)ccc1OC. The van der Waals surface area contributed by atoms with Crippen LogP contribution in [-0.4, -0.2) is 63.7 Å². The highest BCUT2D eigenvalue weighted by Crippen LogP contribution is 2.40. The monoisotopic (exact) mass is 543 g/mol. The molecule has 0 saturated heterocycles. The van der Waals surface area contributed by atoms with Crippen molar-refractivity contribution in [1.29, 1.82) is 0 Å². The van der Waals surface area contributed by atoms with E-state index in [-0.39, 0.29) is 40.8 Å². The summed E-state index contributed by atoms with van der Waals surface area (Å²) in [5.74, 6) is -0.859. The van der Waals surface area contributed by atoms with E-state index < -0.39 is 23.8 Å². The van der Waals surface area contributed by atoms with E-state index >= 15 is 0 Å². The van der Waals surface area contributed by atoms with Gasteiger partial charge < -0.3 is 35.7 Å². The second-order valence-electron chi connectivity index (χ2n) is 7.81. The number of primary amides is 1. The van der Waals surface area contributed by atoms with Crippen molar-refractivity contribution >= 4 is 40.6 Å². The van der Waals surface area contributed by atoms with Gasteiger partial charge in [0.25, 0.3) is 11.8 Å². The molecule has 0 aliphatic rings. The molecule has 0 spiro atoms. The third-order valence-electron chi connectivity index (χ3n) is 5.56. The lowest BCUT2D eigenvalue weighted by atomic mass is 10.0. The maximum atomic E-state index is 14.2. The number of nitrogens with two attached hydrogens (primary N) is 2. The Morgan fingerprint density at radius 1 is 1.00 bits per heavy atom. The van der Waals surface area contributed by atoms with Crippen LogP contribution in [0.15, 0.2) is 42.5 Å². The third kappa shape index (κ3) is 5.95. The minimum atomic E-state index is -1.22. The van der Waals surface area contributed by atoms with Crippen molar-refractivity contribution in [3.05, 3.63) is 58.6 Å². The molecule has 5 N–H and O–H groups in total. The number of hydrogen-bond donors (Lipinski definition) is 3. The Morgan fingerprint density at radius 3 is 2.21 bits per heavy atom. The third-order valence-corrected chi connectivity index (χ3v) is 6.41. The van der Waals surface area contributed by atoms with Crippen molar-refractivity contribution in [2.75, 3.05) is 52.2 Å². The van der Waals surface area contributed by atoms with Crippen LogP contribution in [0, 0.1) is 0 Å². The lowest BCUT2D eigenvalue weighted by Gasteiger charge is -2.32. The van der Waals surface area contributed by atoms with Crippen LogP contribution in [0.5, 0.6) is 17.2 Å². The molecule has 0 saturated carbocycles. The van der Waals surface area contributed by atoms with Gasteiger partial charge in [-0.2, -0.15) is 4.37 Å². The van der Waals surface area contributed by atoms with E-state index in [1.54, 1.807) is 42.5 Å². The number of rotatable bonds is 12. The lowest BCUT2D eigenvalue weighted by molar-refractivity contribution is -0.122. The summed E-state index contributed by atoms with van der Waals surface area (Å²) in [6, 6.07) is 10.3. The Balaban J connectivity index is 2.28. The molecule has 2 aromatic carbocycles. The minimum Gasteiger partial charge on any atom is -0.497 e. The van der Waals surface area contributed by atoms with E-state index in [1.165, 1.54) is 33.3 Å². The zero-order valence-corrected chi connectivity index (χ0v) is 22.2. The number of carbonyl (C=O) groups is 3. The number of anilines is 2. The van der Waals surface area contributed by atoms with Gasteiger partial charge in [-0.3, -0.25) is 19.3 Å². The molecule has 3 aromatic rings. The summed E-state index contributed by atoms with van der Waals surface area (Å²) < 4.78 is 25.2. The van der Waals surface area contributed by atoms with Gasteiger partial charge >= 0.3 is 0 Å². The van der Waals surface area contributed by atoms with Gasteiger partial charge in [-0.05, 0) is 41.4 Å². The molecular formula is C25H29N5O7S. The molecule has 202 valence electrons. The van der Waals surface area contributed by atoms with Crippen molar-refractivity contribution < 1.29 is 33.3 Å². The van der Waals surface area contributed by atoms with Crippen LogP contribution in [0.25, 0.3) is 0 Å². The van der Waals surface area contributed by atoms with E-state index in [0.29, 0.717) is 28.6 Å². The van der Waals surface area contributed by atoms with Gasteiger partial charge in [0.15, 0.2) is 5.69 Å². The van der Waals surface area contributed by atoms with Crippen LogP contribution in [0.3, 0.4) is 0 Å². The van der Waals surface area contributed by atoms with Crippen molar-refractivity contribution in [3.8, 4) is 17.2 Å². The quantitative estimate of drug-likeness (QED) is 0.289. The van der Waals surface area contributed by atoms with Gasteiger partial charge in [-0.15, -0.1) is 0 Å². The number of methoxy groups -OCH3 is 4. The van der Waals surface area contributed by atoms with Crippen LogP contribution in [0.4, 0.5) is 11.4 Å². The molecule has 12 nitrogen and oxygen atoms in total. The molecule has 0 radical (unpaired) electrons. The fourth-order valence-electron chi connectivity index (χ4n) is 3.67. The molecule has 1 atom stereocenters. The summed E-state index contributed by atoms with van der Waals surface area (Å²) in [6.07, 6.45) is 0. The number of benzene rings is 2. The highest BCUT2D eigenvalue weighted by molar-refractivity contribution is 7.09. The van der Waals surface area contributed by atoms with E-state index in [1.807, 2.05) is 0 Å². The average molecular weight is 544 g/mol. The number of aromatic nitrogens is 1. The first-order valence-electron chi connectivity index (χ1n) is 11.3. The predicted octanol–water partition coefficient (Wildman–Crippen LogP) is 2.00. The molecule has 1 aromatic heterocycles. The molecule has 3 rings (SSSR count). The van der Waals surface area contributed by atoms with Gasteiger partial charge in [-0.1, -0.05) is 12.1 Å². The Hall–Kier alpha value is -4.36. The smallest absolute Gasteiger partial charge is 0.273 e. The Labute approximate surface area is 223 Å². The summed E-state index contributed by atoms with van der Waals surface area (Å²) in [4.78, 5) is 40.8. The summed E-state index contributed by atoms with van der Waals surface area (Å²) in [5, 5.41) is 2.79. The maximum absolute atomic E-state index is 14.2. The maximum Gasteiger partial charge on any atom is 0.273 e. The number of nitrogen functional groups attached to an aromatic ring is 1. The van der Waals surface area contributed by atoms with Crippen LogP contribution in [0.2, 0.25) is 0 Å². The summed E-state index contributed by atoms with van der Waals surface area (Å²) in [7, 11) is 5.93. The number of ether oxygens (including phenoxy) is 4. The number of carbonyl (C=O) groups excluding carboxylic acids is 3. The normalized spacial score (nSPS) is 11.4. The van der Waals surface area contributed by atoms with Gasteiger partial charge in [0.1, 0.15) is 28.2 Å². The van der Waals surface area contributed by atoms with Crippen molar-refractivity contribution in [2.24, 2.45) is 5.73 Å². The average Bonchev–Trinajstić information content (AvgIpc) is 3.32. The zero-order chi connectivity index (χ0) is 27.8. The van der Waals surface area contributed by atoms with Crippen LogP contribution in [-0.2, 0) is 9.53 Å². The van der Waals surface area contributed by atoms with Crippen LogP contribution >= 0.6 is 11.5 Å². The van der Waals surface area contributed by atoms with E-state index in [2.05, 4.69) is 9.69 Å². The van der Waals surface area contributed by atoms with Crippen LogP contribution < -0.4 is 35.9 Å². The number of nitrogens with zero attached hydrogens (tertiary/aromatic N) is 2. The molecular weight excluding hydrogens is 514 g/mol. The first-order chi connectivity index (χ1) is 18.3. The van der Waals surface area contributed by atoms with Gasteiger partial charge in [0.2, 0.25) is 5.91 Å². The molecule has 0 aliphatic heterocycles. The number of hydrogen-bond acceptors (Lipinski definition) is 10. The van der Waals surface area contributed by atoms with Gasteiger partial charge in [0, 0.05) is 19.7 Å². The molecule has 0 aliphatic carbocycles. The van der Waals surface area contributed by atoms with Crippen molar-refractivity contribution in [1.82, 2.24) is 9.69 Å². The molecule has 0 bridgehead atoms. The Bertz CT molecular complexity index is 1300. The first-order valence-corrected chi connectivity index (χ1v) is 12.1. The molecule has 1 unspecified atom stereocenters. The summed E-state index contributed by atoms with van der Waals surface area (Å²) >= 11 is 0.700. The Morgan fingerprint density at radius 2 is 1.66 bits per heavy atom. The number of amides is 3. The largest absolute Gasteiger partial charge is 0.497 e. The van der Waals surface area contributed by atoms with E-state index in [4.69, 9.17) is 30.4 Å². The Kier molecular flexibility index (Phi) is 9.46. The van der Waals surface area contributed by atoms with E-state index in [0.717, 1.165) is 0 Å². The zero-order valence-electron chi connectivity index (χ0n) is 21.3. The van der Waals surface area contributed by atoms with Gasteiger partial charge in [0.05, 0.1) is 39.3 Å². The van der Waals surface area contributed by atoms with E-state index in [9.17, 15) is 14.4 Å². The summed E-state index contributed by atoms with van der Waals surface area (Å²) in [5.41, 5.74) is 11.7. The molecule has 0 fully saturated rings. The second-order valence-corrected chi connectivity index (χ2v) is 8.58. The second kappa shape index (κ2) is 12.7. The topological polar surface area (TPSA) is 168 Å². The molecule has 3 amide bonds.